The van der Waals surface area contributed by atoms with Crippen LogP contribution in [0.1, 0.15) is 24.6 Å². The van der Waals surface area contributed by atoms with Crippen LogP contribution < -0.4 is 10.2 Å². The molecule has 0 saturated carbocycles. The Morgan fingerprint density at radius 2 is 2.06 bits per heavy atom. The highest BCUT2D eigenvalue weighted by Gasteiger charge is 2.06. The Balaban J connectivity index is 2.57. The summed E-state index contributed by atoms with van der Waals surface area (Å²) in [7, 11) is 0. The number of H-pyrrole nitrogens is 1. The average Bonchev–Trinajstić information content (AvgIpc) is 2.34. The number of hydrogen-bond donors (Lipinski definition) is 1. The van der Waals surface area contributed by atoms with Crippen LogP contribution in [0.5, 0.6) is 5.75 Å². The zero-order valence-corrected chi connectivity index (χ0v) is 10.5. The van der Waals surface area contributed by atoms with Gasteiger partial charge in [-0.25, -0.2) is 0 Å². The number of ether oxygens (including phenoxy) is 1. The molecular weight excluding hydrogens is 214 g/mol. The van der Waals surface area contributed by atoms with Crippen LogP contribution >= 0.6 is 0 Å². The van der Waals surface area contributed by atoms with Gasteiger partial charge in [-0.2, -0.15) is 0 Å². The first kappa shape index (κ1) is 11.7. The van der Waals surface area contributed by atoms with Gasteiger partial charge in [0.1, 0.15) is 5.75 Å². The lowest BCUT2D eigenvalue weighted by molar-refractivity contribution is 0.318. The quantitative estimate of drug-likeness (QED) is 0.882. The van der Waals surface area contributed by atoms with Crippen molar-refractivity contribution in [2.24, 2.45) is 0 Å². The van der Waals surface area contributed by atoms with Gasteiger partial charge in [0.25, 0.3) is 0 Å². The van der Waals surface area contributed by atoms with Crippen molar-refractivity contribution in [3.05, 3.63) is 39.7 Å². The SMILES string of the molecule is CCCOc1ccc2[nH]c(C)c(C)c(=O)c2c1. The van der Waals surface area contributed by atoms with Crippen LogP contribution in [0.3, 0.4) is 0 Å². The van der Waals surface area contributed by atoms with Crippen molar-refractivity contribution in [3.63, 3.8) is 0 Å². The molecule has 0 bridgehead atoms. The molecule has 1 heterocycles. The van der Waals surface area contributed by atoms with Crippen LogP contribution in [0.4, 0.5) is 0 Å². The number of hydrogen-bond acceptors (Lipinski definition) is 2. The highest BCUT2D eigenvalue weighted by atomic mass is 16.5. The van der Waals surface area contributed by atoms with Gasteiger partial charge in [-0.1, -0.05) is 6.92 Å². The third-order valence-electron chi connectivity index (χ3n) is 2.93. The molecule has 0 saturated heterocycles. The Kier molecular flexibility index (Phi) is 3.18. The van der Waals surface area contributed by atoms with Crippen molar-refractivity contribution in [1.82, 2.24) is 4.98 Å². The van der Waals surface area contributed by atoms with E-state index in [1.807, 2.05) is 32.0 Å². The fourth-order valence-corrected chi connectivity index (χ4v) is 1.80. The lowest BCUT2D eigenvalue weighted by atomic mass is 10.1. The van der Waals surface area contributed by atoms with Gasteiger partial charge < -0.3 is 9.72 Å². The summed E-state index contributed by atoms with van der Waals surface area (Å²) in [6.07, 6.45) is 0.960. The van der Waals surface area contributed by atoms with E-state index in [1.54, 1.807) is 0 Å². The van der Waals surface area contributed by atoms with Gasteiger partial charge in [0.05, 0.1) is 6.61 Å². The fourth-order valence-electron chi connectivity index (χ4n) is 1.80. The highest BCUT2D eigenvalue weighted by Crippen LogP contribution is 2.18. The minimum absolute atomic E-state index is 0.0817. The Morgan fingerprint density at radius 3 is 2.76 bits per heavy atom. The lowest BCUT2D eigenvalue weighted by Crippen LogP contribution is -2.09. The third-order valence-corrected chi connectivity index (χ3v) is 2.93. The van der Waals surface area contributed by atoms with Crippen LogP contribution in [0.2, 0.25) is 0 Å². The summed E-state index contributed by atoms with van der Waals surface area (Å²) in [5.41, 5.74) is 2.63. The molecule has 0 unspecified atom stereocenters. The zero-order chi connectivity index (χ0) is 12.4. The maximum Gasteiger partial charge on any atom is 0.192 e. The summed E-state index contributed by atoms with van der Waals surface area (Å²) in [5.74, 6) is 0.758. The van der Waals surface area contributed by atoms with E-state index in [4.69, 9.17) is 4.74 Å². The molecule has 0 spiro atoms. The minimum atomic E-state index is 0.0817. The molecule has 2 aromatic rings. The van der Waals surface area contributed by atoms with E-state index in [1.165, 1.54) is 0 Å². The first-order chi connectivity index (χ1) is 8.13. The largest absolute Gasteiger partial charge is 0.494 e. The fraction of sp³-hybridized carbons (Fsp3) is 0.357. The standard InChI is InChI=1S/C14H17NO2/c1-4-7-17-11-5-6-13-12(8-11)14(16)9(2)10(3)15-13/h5-6,8H,4,7H2,1-3H3,(H,15,16). The van der Waals surface area contributed by atoms with Crippen LogP contribution in [0, 0.1) is 13.8 Å². The molecule has 3 heteroatoms. The first-order valence-corrected chi connectivity index (χ1v) is 5.89. The number of aromatic amines is 1. The van der Waals surface area contributed by atoms with E-state index in [2.05, 4.69) is 11.9 Å². The van der Waals surface area contributed by atoms with Crippen LogP contribution in [-0.2, 0) is 0 Å². The summed E-state index contributed by atoms with van der Waals surface area (Å²) in [6.45, 7) is 6.49. The molecule has 1 aromatic heterocycles. The van der Waals surface area contributed by atoms with E-state index in [9.17, 15) is 4.79 Å². The van der Waals surface area contributed by atoms with E-state index in [0.29, 0.717) is 12.0 Å². The molecule has 2 rings (SSSR count). The smallest absolute Gasteiger partial charge is 0.192 e. The van der Waals surface area contributed by atoms with Gasteiger partial charge in [0, 0.05) is 22.2 Å². The Morgan fingerprint density at radius 1 is 1.29 bits per heavy atom. The van der Waals surface area contributed by atoms with Crippen molar-refractivity contribution >= 4 is 10.9 Å². The van der Waals surface area contributed by atoms with Gasteiger partial charge in [0.2, 0.25) is 0 Å². The van der Waals surface area contributed by atoms with Crippen molar-refractivity contribution in [3.8, 4) is 5.75 Å². The number of aromatic nitrogens is 1. The number of rotatable bonds is 3. The molecule has 1 N–H and O–H groups in total. The number of fused-ring (bicyclic) bond motifs is 1. The van der Waals surface area contributed by atoms with Gasteiger partial charge in [-0.3, -0.25) is 4.79 Å². The van der Waals surface area contributed by atoms with Gasteiger partial charge >= 0.3 is 0 Å². The summed E-state index contributed by atoms with van der Waals surface area (Å²) >= 11 is 0. The molecule has 0 atom stereocenters. The Hall–Kier alpha value is -1.77. The predicted molar refractivity (Wildman–Crippen MR) is 69.8 cm³/mol. The van der Waals surface area contributed by atoms with Gasteiger partial charge in [-0.05, 0) is 38.5 Å². The van der Waals surface area contributed by atoms with Crippen LogP contribution in [0.15, 0.2) is 23.0 Å². The number of aryl methyl sites for hydroxylation is 1. The number of benzene rings is 1. The van der Waals surface area contributed by atoms with E-state index < -0.39 is 0 Å². The van der Waals surface area contributed by atoms with Crippen LogP contribution in [-0.4, -0.2) is 11.6 Å². The summed E-state index contributed by atoms with van der Waals surface area (Å²) in [6, 6.07) is 5.60. The van der Waals surface area contributed by atoms with Gasteiger partial charge in [-0.15, -0.1) is 0 Å². The molecular formula is C14H17NO2. The second kappa shape index (κ2) is 4.62. The van der Waals surface area contributed by atoms with Crippen molar-refractivity contribution in [2.45, 2.75) is 27.2 Å². The summed E-state index contributed by atoms with van der Waals surface area (Å²) < 4.78 is 5.54. The van der Waals surface area contributed by atoms with E-state index in [0.717, 1.165) is 28.9 Å². The molecule has 0 fully saturated rings. The van der Waals surface area contributed by atoms with Crippen molar-refractivity contribution < 1.29 is 4.74 Å². The number of pyridine rings is 1. The predicted octanol–water partition coefficient (Wildman–Crippen LogP) is 2.93. The molecule has 1 aromatic carbocycles. The minimum Gasteiger partial charge on any atom is -0.494 e. The molecule has 0 aliphatic carbocycles. The van der Waals surface area contributed by atoms with E-state index in [-0.39, 0.29) is 5.43 Å². The number of nitrogens with one attached hydrogen (secondary N) is 1. The zero-order valence-electron chi connectivity index (χ0n) is 10.5. The Labute approximate surface area is 100 Å². The van der Waals surface area contributed by atoms with Crippen molar-refractivity contribution in [2.75, 3.05) is 6.61 Å². The first-order valence-electron chi connectivity index (χ1n) is 5.89. The normalized spacial score (nSPS) is 10.8. The Bertz CT molecular complexity index is 599. The molecule has 0 aliphatic heterocycles. The molecule has 3 nitrogen and oxygen atoms in total. The second-order valence-corrected chi connectivity index (χ2v) is 4.26. The third kappa shape index (κ3) is 2.18. The maximum absolute atomic E-state index is 12.1. The lowest BCUT2D eigenvalue weighted by Gasteiger charge is -2.07. The van der Waals surface area contributed by atoms with Crippen molar-refractivity contribution in [1.29, 1.82) is 0 Å². The highest BCUT2D eigenvalue weighted by molar-refractivity contribution is 5.80. The van der Waals surface area contributed by atoms with E-state index >= 15 is 0 Å². The molecule has 17 heavy (non-hydrogen) atoms. The maximum atomic E-state index is 12.1. The monoisotopic (exact) mass is 231 g/mol. The second-order valence-electron chi connectivity index (χ2n) is 4.26. The molecule has 90 valence electrons. The average molecular weight is 231 g/mol. The van der Waals surface area contributed by atoms with Crippen LogP contribution in [0.25, 0.3) is 10.9 Å². The molecule has 0 radical (unpaired) electrons. The topological polar surface area (TPSA) is 42.1 Å². The molecule has 0 amide bonds. The molecule has 0 aliphatic rings. The summed E-state index contributed by atoms with van der Waals surface area (Å²) in [5, 5.41) is 0.696. The van der Waals surface area contributed by atoms with Gasteiger partial charge in [0.15, 0.2) is 5.43 Å². The summed E-state index contributed by atoms with van der Waals surface area (Å²) in [4.78, 5) is 15.3.